The monoisotopic (exact) mass is 274 g/mol. The summed E-state index contributed by atoms with van der Waals surface area (Å²) < 4.78 is 5.46. The number of rotatable bonds is 5. The fourth-order valence-corrected chi connectivity index (χ4v) is 2.69. The first kappa shape index (κ1) is 16.6. The predicted molar refractivity (Wildman–Crippen MR) is 82.7 cm³/mol. The van der Waals surface area contributed by atoms with Crippen LogP contribution in [0.3, 0.4) is 0 Å². The van der Waals surface area contributed by atoms with Gasteiger partial charge in [0, 0.05) is 0 Å². The number of terminal acetylenes is 1. The van der Waals surface area contributed by atoms with Gasteiger partial charge < -0.3 is 4.74 Å². The molecule has 0 bridgehead atoms. The molecule has 1 aliphatic carbocycles. The highest BCUT2D eigenvalue weighted by Crippen LogP contribution is 2.60. The lowest BCUT2D eigenvalue weighted by atomic mass is 10.1. The lowest BCUT2D eigenvalue weighted by molar-refractivity contribution is -0.141. The van der Waals surface area contributed by atoms with Crippen LogP contribution in [0.5, 0.6) is 0 Å². The molecule has 0 aromatic carbocycles. The van der Waals surface area contributed by atoms with Crippen LogP contribution in [0, 0.1) is 29.6 Å². The second-order valence-corrected chi connectivity index (χ2v) is 6.49. The number of allylic oxidation sites excluding steroid dienone is 4. The molecule has 2 nitrogen and oxygen atoms in total. The Kier molecular flexibility index (Phi) is 5.22. The third-order valence-corrected chi connectivity index (χ3v) is 4.02. The fourth-order valence-electron chi connectivity index (χ4n) is 2.69. The summed E-state index contributed by atoms with van der Waals surface area (Å²) in [6.45, 7) is 12.3. The number of hydrogen-bond donors (Lipinski definition) is 0. The minimum atomic E-state index is -0.194. The summed E-state index contributed by atoms with van der Waals surface area (Å²) in [7, 11) is 0. The van der Waals surface area contributed by atoms with Crippen molar-refractivity contribution in [3.05, 3.63) is 23.0 Å². The lowest BCUT2D eigenvalue weighted by Gasteiger charge is -2.08. The number of carbonyl (C=O) groups is 1. The van der Waals surface area contributed by atoms with Crippen LogP contribution in [0.4, 0.5) is 0 Å². The van der Waals surface area contributed by atoms with Gasteiger partial charge in [0.25, 0.3) is 0 Å². The molecule has 110 valence electrons. The van der Waals surface area contributed by atoms with Gasteiger partial charge in [-0.1, -0.05) is 38.8 Å². The third-order valence-electron chi connectivity index (χ3n) is 4.02. The van der Waals surface area contributed by atoms with E-state index < -0.39 is 0 Å². The summed E-state index contributed by atoms with van der Waals surface area (Å²) in [5, 5.41) is 0. The summed E-state index contributed by atoms with van der Waals surface area (Å²) in [4.78, 5) is 12.3. The molecule has 0 amide bonds. The van der Waals surface area contributed by atoms with Crippen molar-refractivity contribution in [2.75, 3.05) is 0 Å². The number of carbonyl (C=O) groups excluding carboxylic acids is 1. The van der Waals surface area contributed by atoms with Crippen LogP contribution in [0.2, 0.25) is 0 Å². The molecule has 2 unspecified atom stereocenters. The largest absolute Gasteiger partial charge is 0.417 e. The second kappa shape index (κ2) is 6.31. The maximum Gasteiger partial charge on any atom is 0.316 e. The van der Waals surface area contributed by atoms with Crippen molar-refractivity contribution in [2.24, 2.45) is 17.3 Å². The van der Waals surface area contributed by atoms with Crippen LogP contribution in [0.1, 0.15) is 54.4 Å². The van der Waals surface area contributed by atoms with Crippen molar-refractivity contribution in [3.8, 4) is 12.3 Å². The van der Waals surface area contributed by atoms with E-state index in [1.165, 1.54) is 5.57 Å². The van der Waals surface area contributed by atoms with Crippen molar-refractivity contribution in [1.82, 2.24) is 0 Å². The zero-order chi connectivity index (χ0) is 15.5. The summed E-state index contributed by atoms with van der Waals surface area (Å²) in [5.41, 5.74) is 2.17. The summed E-state index contributed by atoms with van der Waals surface area (Å²) in [6, 6.07) is 0. The maximum atomic E-state index is 12.3. The average Bonchev–Trinajstić information content (AvgIpc) is 2.86. The van der Waals surface area contributed by atoms with Gasteiger partial charge in [-0.25, -0.2) is 0 Å². The minimum absolute atomic E-state index is 0.0350. The van der Waals surface area contributed by atoms with Crippen LogP contribution in [-0.2, 0) is 9.53 Å². The van der Waals surface area contributed by atoms with E-state index in [9.17, 15) is 4.79 Å². The van der Waals surface area contributed by atoms with Crippen LogP contribution < -0.4 is 0 Å². The molecular formula is C18H26O2. The van der Waals surface area contributed by atoms with E-state index in [0.717, 1.165) is 18.4 Å². The van der Waals surface area contributed by atoms with E-state index in [0.29, 0.717) is 5.76 Å². The highest BCUT2D eigenvalue weighted by Gasteiger charge is 2.61. The van der Waals surface area contributed by atoms with Crippen molar-refractivity contribution in [1.29, 1.82) is 0 Å². The Morgan fingerprint density at radius 2 is 1.95 bits per heavy atom. The molecule has 2 heteroatoms. The van der Waals surface area contributed by atoms with Gasteiger partial charge in [-0.05, 0) is 50.0 Å². The Labute approximate surface area is 123 Å². The third kappa shape index (κ3) is 3.54. The molecule has 0 aromatic rings. The minimum Gasteiger partial charge on any atom is -0.417 e. The highest BCUT2D eigenvalue weighted by atomic mass is 16.5. The maximum absolute atomic E-state index is 12.3. The van der Waals surface area contributed by atoms with E-state index in [1.807, 2.05) is 6.92 Å². The van der Waals surface area contributed by atoms with Crippen LogP contribution in [-0.4, -0.2) is 5.97 Å². The predicted octanol–water partition coefficient (Wildman–Crippen LogP) is 4.48. The topological polar surface area (TPSA) is 26.3 Å². The van der Waals surface area contributed by atoms with Gasteiger partial charge in [-0.2, -0.15) is 0 Å². The van der Waals surface area contributed by atoms with E-state index in [4.69, 9.17) is 11.2 Å². The Morgan fingerprint density at radius 3 is 2.40 bits per heavy atom. The van der Waals surface area contributed by atoms with Gasteiger partial charge in [0.15, 0.2) is 5.76 Å². The quantitative estimate of drug-likeness (QED) is 0.320. The average molecular weight is 274 g/mol. The SMILES string of the molecule is C#C/C(OC(=O)C1C(C=C(C)C)C1(C)C)=C(/C)CCC. The van der Waals surface area contributed by atoms with Crippen LogP contribution >= 0.6 is 0 Å². The second-order valence-electron chi connectivity index (χ2n) is 6.49. The first-order chi connectivity index (χ1) is 9.25. The van der Waals surface area contributed by atoms with E-state index >= 15 is 0 Å². The molecule has 1 rings (SSSR count). The molecule has 0 spiro atoms. The zero-order valence-electron chi connectivity index (χ0n) is 13.5. The smallest absolute Gasteiger partial charge is 0.316 e. The molecule has 0 N–H and O–H groups in total. The summed E-state index contributed by atoms with van der Waals surface area (Å²) in [5.74, 6) is 2.88. The van der Waals surface area contributed by atoms with Crippen LogP contribution in [0.25, 0.3) is 0 Å². The Balaban J connectivity index is 2.81. The summed E-state index contributed by atoms with van der Waals surface area (Å²) >= 11 is 0. The Hall–Kier alpha value is -1.49. The molecule has 0 aromatic heterocycles. The molecule has 0 saturated heterocycles. The van der Waals surface area contributed by atoms with Gasteiger partial charge >= 0.3 is 5.97 Å². The van der Waals surface area contributed by atoms with E-state index in [1.54, 1.807) is 0 Å². The number of esters is 1. The first-order valence-electron chi connectivity index (χ1n) is 7.28. The van der Waals surface area contributed by atoms with Gasteiger partial charge in [0.1, 0.15) is 0 Å². The molecule has 20 heavy (non-hydrogen) atoms. The van der Waals surface area contributed by atoms with Crippen molar-refractivity contribution >= 4 is 5.97 Å². The van der Waals surface area contributed by atoms with Crippen molar-refractivity contribution < 1.29 is 9.53 Å². The molecule has 0 heterocycles. The first-order valence-corrected chi connectivity index (χ1v) is 7.28. The molecule has 1 aliphatic rings. The Bertz CT molecular complexity index is 482. The van der Waals surface area contributed by atoms with E-state index in [2.05, 4.69) is 46.6 Å². The Morgan fingerprint density at radius 1 is 1.35 bits per heavy atom. The lowest BCUT2D eigenvalue weighted by Crippen LogP contribution is -2.11. The van der Waals surface area contributed by atoms with Crippen LogP contribution in [0.15, 0.2) is 23.0 Å². The fraction of sp³-hybridized carbons (Fsp3) is 0.611. The highest BCUT2D eigenvalue weighted by molar-refractivity contribution is 5.79. The van der Waals surface area contributed by atoms with Gasteiger partial charge in [-0.3, -0.25) is 4.79 Å². The van der Waals surface area contributed by atoms with Crippen molar-refractivity contribution in [2.45, 2.75) is 54.4 Å². The molecule has 1 saturated carbocycles. The molecular weight excluding hydrogens is 248 g/mol. The van der Waals surface area contributed by atoms with Gasteiger partial charge in [0.05, 0.1) is 5.92 Å². The van der Waals surface area contributed by atoms with Gasteiger partial charge in [-0.15, -0.1) is 6.42 Å². The molecule has 0 aliphatic heterocycles. The number of hydrogen-bond acceptors (Lipinski definition) is 2. The van der Waals surface area contributed by atoms with Gasteiger partial charge in [0.2, 0.25) is 0 Å². The van der Waals surface area contributed by atoms with E-state index in [-0.39, 0.29) is 23.2 Å². The standard InChI is InChI=1S/C18H26O2/c1-8-10-13(5)15(9-2)20-17(19)16-14(11-12(3)4)18(16,6)7/h2,11,14,16H,8,10H2,1,3-7H3/b15-13+. The molecule has 2 atom stereocenters. The normalized spacial score (nSPS) is 24.2. The van der Waals surface area contributed by atoms with Crippen molar-refractivity contribution in [3.63, 3.8) is 0 Å². The summed E-state index contributed by atoms with van der Waals surface area (Å²) in [6.07, 6.45) is 9.46. The molecule has 0 radical (unpaired) electrons. The molecule has 1 fully saturated rings. The number of ether oxygens (including phenoxy) is 1. The zero-order valence-corrected chi connectivity index (χ0v) is 13.5.